The lowest BCUT2D eigenvalue weighted by Gasteiger charge is -2.32. The second-order valence-electron chi connectivity index (χ2n) is 8.93. The van der Waals surface area contributed by atoms with Gasteiger partial charge in [-0.25, -0.2) is 0 Å². The summed E-state index contributed by atoms with van der Waals surface area (Å²) in [6.07, 6.45) is 2.61. The summed E-state index contributed by atoms with van der Waals surface area (Å²) in [7, 11) is 1.41. The van der Waals surface area contributed by atoms with Gasteiger partial charge in [0.1, 0.15) is 5.69 Å². The number of rotatable bonds is 2. The Kier molecular flexibility index (Phi) is 4.25. The van der Waals surface area contributed by atoms with Crippen LogP contribution in [0.25, 0.3) is 0 Å². The van der Waals surface area contributed by atoms with E-state index < -0.39 is 7.12 Å². The molecule has 3 heterocycles. The van der Waals surface area contributed by atoms with Crippen LogP contribution in [0.15, 0.2) is 18.3 Å². The maximum absolute atomic E-state index is 13.1. The zero-order valence-corrected chi connectivity index (χ0v) is 17.8. The van der Waals surface area contributed by atoms with Gasteiger partial charge in [0.15, 0.2) is 0 Å². The topological polar surface area (TPSA) is 56.6 Å². The maximum Gasteiger partial charge on any atom is 0.495 e. The van der Waals surface area contributed by atoms with Gasteiger partial charge in [-0.3, -0.25) is 9.48 Å². The van der Waals surface area contributed by atoms with Crippen LogP contribution in [0.2, 0.25) is 0 Å². The molecule has 148 valence electrons. The van der Waals surface area contributed by atoms with E-state index in [-0.39, 0.29) is 17.1 Å². The molecule has 0 unspecified atom stereocenters. The number of hydrogen-bond acceptors (Lipinski definition) is 4. The molecule has 1 fully saturated rings. The predicted molar refractivity (Wildman–Crippen MR) is 110 cm³/mol. The molecule has 0 aliphatic carbocycles. The van der Waals surface area contributed by atoms with E-state index in [1.54, 1.807) is 10.9 Å². The quantitative estimate of drug-likeness (QED) is 0.751. The highest BCUT2D eigenvalue weighted by Gasteiger charge is 2.52. The molecule has 1 amide bonds. The SMILES string of the molecule is Cc1cc(N2CCc3cnn(C)c3C2=O)c(C)cc1B1OC(C)(C)C(C)(C)O1. The van der Waals surface area contributed by atoms with E-state index in [1.165, 1.54) is 0 Å². The number of nitrogens with zero attached hydrogens (tertiary/aromatic N) is 3. The van der Waals surface area contributed by atoms with Gasteiger partial charge in [-0.05, 0) is 70.6 Å². The van der Waals surface area contributed by atoms with E-state index in [0.717, 1.165) is 34.3 Å². The lowest BCUT2D eigenvalue weighted by molar-refractivity contribution is 0.00578. The Morgan fingerprint density at radius 3 is 2.36 bits per heavy atom. The highest BCUT2D eigenvalue weighted by molar-refractivity contribution is 6.62. The van der Waals surface area contributed by atoms with Crippen LogP contribution in [0, 0.1) is 13.8 Å². The highest BCUT2D eigenvalue weighted by Crippen LogP contribution is 2.37. The van der Waals surface area contributed by atoms with Crippen LogP contribution in [-0.4, -0.2) is 40.6 Å². The Balaban J connectivity index is 1.68. The van der Waals surface area contributed by atoms with Gasteiger partial charge in [0.2, 0.25) is 0 Å². The Hall–Kier alpha value is -2.12. The van der Waals surface area contributed by atoms with Gasteiger partial charge in [0.05, 0.1) is 17.4 Å². The average Bonchev–Trinajstić information content (AvgIpc) is 3.07. The molecule has 0 N–H and O–H groups in total. The fourth-order valence-corrected chi connectivity index (χ4v) is 3.97. The Morgan fingerprint density at radius 2 is 1.71 bits per heavy atom. The number of anilines is 1. The summed E-state index contributed by atoms with van der Waals surface area (Å²) >= 11 is 0. The number of fused-ring (bicyclic) bond motifs is 1. The number of aryl methyl sites for hydroxylation is 3. The molecule has 2 aromatic rings. The Bertz CT molecular complexity index is 948. The molecule has 2 aliphatic rings. The summed E-state index contributed by atoms with van der Waals surface area (Å²) < 4.78 is 14.1. The van der Waals surface area contributed by atoms with Crippen molar-refractivity contribution >= 4 is 24.2 Å². The third kappa shape index (κ3) is 2.80. The van der Waals surface area contributed by atoms with Crippen molar-refractivity contribution in [2.24, 2.45) is 7.05 Å². The van der Waals surface area contributed by atoms with Crippen LogP contribution >= 0.6 is 0 Å². The van der Waals surface area contributed by atoms with Gasteiger partial charge in [-0.2, -0.15) is 5.10 Å². The van der Waals surface area contributed by atoms with Crippen molar-refractivity contribution in [1.29, 1.82) is 0 Å². The van der Waals surface area contributed by atoms with E-state index in [0.29, 0.717) is 12.2 Å². The first-order valence-electron chi connectivity index (χ1n) is 9.81. The third-order valence-electron chi connectivity index (χ3n) is 6.45. The van der Waals surface area contributed by atoms with E-state index in [1.807, 2.05) is 25.8 Å². The van der Waals surface area contributed by atoms with Crippen molar-refractivity contribution in [2.75, 3.05) is 11.4 Å². The van der Waals surface area contributed by atoms with Gasteiger partial charge in [0, 0.05) is 24.8 Å². The van der Waals surface area contributed by atoms with Crippen LogP contribution in [0.1, 0.15) is 54.9 Å². The highest BCUT2D eigenvalue weighted by atomic mass is 16.7. The fraction of sp³-hybridized carbons (Fsp3) is 0.524. The molecule has 0 bridgehead atoms. The standard InChI is InChI=1S/C21H28BN3O3/c1-13-11-17(25-9-8-15-12-23-24(7)18(15)19(25)26)14(2)10-16(13)22-27-20(3,4)21(5,6)28-22/h10-12H,8-9H2,1-7H3. The number of carbonyl (C=O) groups is 1. The third-order valence-corrected chi connectivity index (χ3v) is 6.45. The zero-order chi connectivity index (χ0) is 20.4. The van der Waals surface area contributed by atoms with Crippen molar-refractivity contribution in [3.63, 3.8) is 0 Å². The van der Waals surface area contributed by atoms with Crippen LogP contribution in [0.4, 0.5) is 5.69 Å². The van der Waals surface area contributed by atoms with E-state index in [9.17, 15) is 4.79 Å². The second kappa shape index (κ2) is 6.19. The molecular formula is C21H28BN3O3. The number of aromatic nitrogens is 2. The summed E-state index contributed by atoms with van der Waals surface area (Å²) in [5, 5.41) is 4.25. The second-order valence-corrected chi connectivity index (χ2v) is 8.93. The van der Waals surface area contributed by atoms with Crippen molar-refractivity contribution in [2.45, 2.75) is 59.2 Å². The minimum atomic E-state index is -0.404. The molecule has 6 nitrogen and oxygen atoms in total. The van der Waals surface area contributed by atoms with Crippen molar-refractivity contribution in [1.82, 2.24) is 9.78 Å². The van der Waals surface area contributed by atoms with Crippen LogP contribution in [0.5, 0.6) is 0 Å². The minimum Gasteiger partial charge on any atom is -0.399 e. The lowest BCUT2D eigenvalue weighted by atomic mass is 9.75. The van der Waals surface area contributed by atoms with Crippen LogP contribution < -0.4 is 10.4 Å². The summed E-state index contributed by atoms with van der Waals surface area (Å²) in [5.41, 5.74) is 4.99. The van der Waals surface area contributed by atoms with E-state index in [2.05, 4.69) is 44.9 Å². The summed E-state index contributed by atoms with van der Waals surface area (Å²) in [5.74, 6) is 0.00660. The molecular weight excluding hydrogens is 353 g/mol. The van der Waals surface area contributed by atoms with Gasteiger partial charge < -0.3 is 14.2 Å². The molecule has 1 saturated heterocycles. The van der Waals surface area contributed by atoms with Gasteiger partial charge in [0.25, 0.3) is 5.91 Å². The van der Waals surface area contributed by atoms with Crippen molar-refractivity contribution in [3.8, 4) is 0 Å². The molecule has 0 atom stereocenters. The smallest absolute Gasteiger partial charge is 0.399 e. The molecule has 1 aromatic carbocycles. The lowest BCUT2D eigenvalue weighted by Crippen LogP contribution is -2.41. The largest absolute Gasteiger partial charge is 0.495 e. The van der Waals surface area contributed by atoms with Gasteiger partial charge in [-0.1, -0.05) is 6.07 Å². The first-order valence-corrected chi connectivity index (χ1v) is 9.81. The van der Waals surface area contributed by atoms with Crippen LogP contribution in [-0.2, 0) is 22.8 Å². The number of hydrogen-bond donors (Lipinski definition) is 0. The molecule has 7 heteroatoms. The van der Waals surface area contributed by atoms with E-state index in [4.69, 9.17) is 9.31 Å². The molecule has 0 radical (unpaired) electrons. The van der Waals surface area contributed by atoms with Crippen LogP contribution in [0.3, 0.4) is 0 Å². The van der Waals surface area contributed by atoms with Crippen molar-refractivity contribution in [3.05, 3.63) is 40.7 Å². The Morgan fingerprint density at radius 1 is 1.07 bits per heavy atom. The molecule has 0 spiro atoms. The summed E-state index contributed by atoms with van der Waals surface area (Å²) in [6.45, 7) is 13.0. The first kappa shape index (κ1) is 19.2. The zero-order valence-electron chi connectivity index (χ0n) is 17.8. The summed E-state index contributed by atoms with van der Waals surface area (Å²) in [6, 6.07) is 4.17. The van der Waals surface area contributed by atoms with Crippen molar-refractivity contribution < 1.29 is 14.1 Å². The summed E-state index contributed by atoms with van der Waals surface area (Å²) in [4.78, 5) is 15.0. The Labute approximate surface area is 167 Å². The van der Waals surface area contributed by atoms with E-state index >= 15 is 0 Å². The molecule has 28 heavy (non-hydrogen) atoms. The number of amides is 1. The normalized spacial score (nSPS) is 20.6. The molecule has 1 aromatic heterocycles. The monoisotopic (exact) mass is 381 g/mol. The molecule has 4 rings (SSSR count). The van der Waals surface area contributed by atoms with Gasteiger partial charge >= 0.3 is 7.12 Å². The molecule has 0 saturated carbocycles. The average molecular weight is 381 g/mol. The predicted octanol–water partition coefficient (Wildman–Crippen LogP) is 2.54. The number of carbonyl (C=O) groups excluding carboxylic acids is 1. The minimum absolute atomic E-state index is 0.00660. The fourth-order valence-electron chi connectivity index (χ4n) is 3.97. The number of benzene rings is 1. The van der Waals surface area contributed by atoms with Gasteiger partial charge in [-0.15, -0.1) is 0 Å². The maximum atomic E-state index is 13.1. The molecule has 2 aliphatic heterocycles. The first-order chi connectivity index (χ1) is 13.0.